The number of para-hydroxylation sites is 1. The van der Waals surface area contributed by atoms with Crippen molar-refractivity contribution >= 4 is 32.9 Å². The van der Waals surface area contributed by atoms with Gasteiger partial charge in [0, 0.05) is 4.47 Å². The van der Waals surface area contributed by atoms with Crippen LogP contribution in [0.5, 0.6) is 5.75 Å². The van der Waals surface area contributed by atoms with E-state index in [-0.39, 0.29) is 0 Å². The number of nitrogens with zero attached hydrogens (tertiary/aromatic N) is 2. The number of halogens is 1. The van der Waals surface area contributed by atoms with Gasteiger partial charge in [-0.15, -0.1) is 0 Å². The Hall–Kier alpha value is -2.01. The Kier molecular flexibility index (Phi) is 3.59. The summed E-state index contributed by atoms with van der Waals surface area (Å²) in [5, 5.41) is 0. The van der Waals surface area contributed by atoms with Crippen LogP contribution in [0.25, 0.3) is 16.7 Å². The number of rotatable bonds is 3. The maximum atomic E-state index is 6.13. The van der Waals surface area contributed by atoms with Crippen LogP contribution in [-0.2, 0) is 0 Å². The Labute approximate surface area is 131 Å². The van der Waals surface area contributed by atoms with Gasteiger partial charge in [-0.2, -0.15) is 0 Å². The number of hydrogen-bond acceptors (Lipinski definition) is 3. The van der Waals surface area contributed by atoms with Crippen molar-refractivity contribution in [3.63, 3.8) is 0 Å². The van der Waals surface area contributed by atoms with E-state index in [1.807, 2.05) is 35.8 Å². The minimum atomic E-state index is 0.446. The van der Waals surface area contributed by atoms with Crippen molar-refractivity contribution in [2.45, 2.75) is 13.8 Å². The van der Waals surface area contributed by atoms with Crippen molar-refractivity contribution in [1.82, 2.24) is 9.55 Å². The molecule has 3 aromatic rings. The van der Waals surface area contributed by atoms with Gasteiger partial charge in [0.1, 0.15) is 11.3 Å². The lowest BCUT2D eigenvalue weighted by Crippen LogP contribution is -2.01. The SMILES string of the molecule is CCOc1cccc2c1nc(N)n2-c1ccc(C)cc1Br. The highest BCUT2D eigenvalue weighted by Crippen LogP contribution is 2.32. The van der Waals surface area contributed by atoms with Crippen LogP contribution in [0.3, 0.4) is 0 Å². The third kappa shape index (κ3) is 2.38. The molecule has 21 heavy (non-hydrogen) atoms. The molecule has 2 aromatic carbocycles. The molecular formula is C16H16BrN3O. The summed E-state index contributed by atoms with van der Waals surface area (Å²) < 4.78 is 8.54. The van der Waals surface area contributed by atoms with Gasteiger partial charge in [-0.05, 0) is 59.6 Å². The molecule has 0 atom stereocenters. The molecule has 2 N–H and O–H groups in total. The standard InChI is InChI=1S/C16H16BrN3O/c1-3-21-14-6-4-5-13-15(14)19-16(18)20(13)12-8-7-10(2)9-11(12)17/h4-9H,3H2,1-2H3,(H2,18,19). The van der Waals surface area contributed by atoms with Crippen LogP contribution in [0.15, 0.2) is 40.9 Å². The van der Waals surface area contributed by atoms with Gasteiger partial charge in [0.05, 0.1) is 17.8 Å². The van der Waals surface area contributed by atoms with Gasteiger partial charge in [0.15, 0.2) is 0 Å². The fourth-order valence-electron chi connectivity index (χ4n) is 2.41. The third-order valence-electron chi connectivity index (χ3n) is 3.32. The Bertz CT molecular complexity index is 811. The summed E-state index contributed by atoms with van der Waals surface area (Å²) in [6.07, 6.45) is 0. The number of benzene rings is 2. The predicted octanol–water partition coefficient (Wildman–Crippen LogP) is 4.08. The molecule has 0 unspecified atom stereocenters. The molecule has 0 spiro atoms. The smallest absolute Gasteiger partial charge is 0.206 e. The number of fused-ring (bicyclic) bond motifs is 1. The monoisotopic (exact) mass is 345 g/mol. The highest BCUT2D eigenvalue weighted by atomic mass is 79.9. The molecule has 1 aromatic heterocycles. The fraction of sp³-hybridized carbons (Fsp3) is 0.188. The highest BCUT2D eigenvalue weighted by Gasteiger charge is 2.15. The molecule has 0 aliphatic heterocycles. The summed E-state index contributed by atoms with van der Waals surface area (Å²) in [7, 11) is 0. The minimum Gasteiger partial charge on any atom is -0.492 e. The molecule has 108 valence electrons. The predicted molar refractivity (Wildman–Crippen MR) is 89.1 cm³/mol. The molecule has 0 aliphatic carbocycles. The Morgan fingerprint density at radius 2 is 2.10 bits per heavy atom. The number of ether oxygens (including phenoxy) is 1. The Balaban J connectivity index is 2.28. The van der Waals surface area contributed by atoms with E-state index < -0.39 is 0 Å². The lowest BCUT2D eigenvalue weighted by Gasteiger charge is -2.10. The highest BCUT2D eigenvalue weighted by molar-refractivity contribution is 9.10. The number of nitrogens with two attached hydrogens (primary N) is 1. The lowest BCUT2D eigenvalue weighted by molar-refractivity contribution is 0.344. The van der Waals surface area contributed by atoms with Crippen molar-refractivity contribution in [2.75, 3.05) is 12.3 Å². The number of anilines is 1. The summed E-state index contributed by atoms with van der Waals surface area (Å²) in [4.78, 5) is 4.47. The molecule has 0 radical (unpaired) electrons. The molecule has 0 aliphatic rings. The van der Waals surface area contributed by atoms with E-state index in [1.165, 1.54) is 5.56 Å². The number of aryl methyl sites for hydroxylation is 1. The molecule has 0 saturated heterocycles. The summed E-state index contributed by atoms with van der Waals surface area (Å²) in [6, 6.07) is 12.0. The normalized spacial score (nSPS) is 11.0. The first-order chi connectivity index (χ1) is 10.1. The number of hydrogen-bond donors (Lipinski definition) is 1. The van der Waals surface area contributed by atoms with E-state index in [9.17, 15) is 0 Å². The Morgan fingerprint density at radius 3 is 2.81 bits per heavy atom. The molecule has 0 amide bonds. The average Bonchev–Trinajstić information content (AvgIpc) is 2.77. The molecule has 4 nitrogen and oxygen atoms in total. The van der Waals surface area contributed by atoms with Gasteiger partial charge in [-0.3, -0.25) is 4.57 Å². The summed E-state index contributed by atoms with van der Waals surface area (Å²) >= 11 is 3.60. The van der Waals surface area contributed by atoms with Crippen molar-refractivity contribution in [3.8, 4) is 11.4 Å². The van der Waals surface area contributed by atoms with Crippen LogP contribution < -0.4 is 10.5 Å². The third-order valence-corrected chi connectivity index (χ3v) is 3.95. The van der Waals surface area contributed by atoms with Crippen molar-refractivity contribution in [2.24, 2.45) is 0 Å². The Morgan fingerprint density at radius 1 is 1.29 bits per heavy atom. The lowest BCUT2D eigenvalue weighted by atomic mass is 10.2. The van der Waals surface area contributed by atoms with E-state index in [2.05, 4.69) is 40.0 Å². The first-order valence-corrected chi connectivity index (χ1v) is 7.57. The molecule has 5 heteroatoms. The second-order valence-electron chi connectivity index (χ2n) is 4.82. The van der Waals surface area contributed by atoms with Crippen LogP contribution in [-0.4, -0.2) is 16.2 Å². The summed E-state index contributed by atoms with van der Waals surface area (Å²) in [5.41, 5.74) is 10.00. The van der Waals surface area contributed by atoms with Gasteiger partial charge in [-0.1, -0.05) is 12.1 Å². The zero-order valence-corrected chi connectivity index (χ0v) is 13.5. The zero-order chi connectivity index (χ0) is 15.0. The van der Waals surface area contributed by atoms with Gasteiger partial charge in [-0.25, -0.2) is 4.98 Å². The second-order valence-corrected chi connectivity index (χ2v) is 5.67. The van der Waals surface area contributed by atoms with Crippen LogP contribution in [0, 0.1) is 6.92 Å². The van der Waals surface area contributed by atoms with E-state index >= 15 is 0 Å². The van der Waals surface area contributed by atoms with Crippen molar-refractivity contribution < 1.29 is 4.74 Å². The van der Waals surface area contributed by atoms with E-state index in [4.69, 9.17) is 10.5 Å². The zero-order valence-electron chi connectivity index (χ0n) is 11.9. The molecule has 0 bridgehead atoms. The number of imidazole rings is 1. The van der Waals surface area contributed by atoms with Gasteiger partial charge < -0.3 is 10.5 Å². The first kappa shape index (κ1) is 13.9. The molecule has 3 rings (SSSR count). The van der Waals surface area contributed by atoms with E-state index in [1.54, 1.807) is 0 Å². The summed E-state index contributed by atoms with van der Waals surface area (Å²) in [5.74, 6) is 1.20. The second kappa shape index (κ2) is 5.41. The number of nitrogen functional groups attached to an aromatic ring is 1. The van der Waals surface area contributed by atoms with Crippen molar-refractivity contribution in [1.29, 1.82) is 0 Å². The van der Waals surface area contributed by atoms with Gasteiger partial charge in [0.2, 0.25) is 5.95 Å². The van der Waals surface area contributed by atoms with Crippen LogP contribution >= 0.6 is 15.9 Å². The van der Waals surface area contributed by atoms with Crippen LogP contribution in [0.1, 0.15) is 12.5 Å². The minimum absolute atomic E-state index is 0.446. The average molecular weight is 346 g/mol. The molecule has 1 heterocycles. The number of aromatic nitrogens is 2. The van der Waals surface area contributed by atoms with E-state index in [0.29, 0.717) is 12.6 Å². The van der Waals surface area contributed by atoms with Gasteiger partial charge >= 0.3 is 0 Å². The van der Waals surface area contributed by atoms with Gasteiger partial charge in [0.25, 0.3) is 0 Å². The maximum absolute atomic E-state index is 6.13. The molecule has 0 fully saturated rings. The quantitative estimate of drug-likeness (QED) is 0.778. The van der Waals surface area contributed by atoms with Crippen LogP contribution in [0.2, 0.25) is 0 Å². The molecule has 0 saturated carbocycles. The van der Waals surface area contributed by atoms with E-state index in [0.717, 1.165) is 26.9 Å². The summed E-state index contributed by atoms with van der Waals surface area (Å²) in [6.45, 7) is 4.60. The maximum Gasteiger partial charge on any atom is 0.206 e. The first-order valence-electron chi connectivity index (χ1n) is 6.78. The molecular weight excluding hydrogens is 330 g/mol. The van der Waals surface area contributed by atoms with Crippen LogP contribution in [0.4, 0.5) is 5.95 Å². The topological polar surface area (TPSA) is 53.1 Å². The largest absolute Gasteiger partial charge is 0.492 e. The fourth-order valence-corrected chi connectivity index (χ4v) is 3.08. The van der Waals surface area contributed by atoms with Crippen molar-refractivity contribution in [3.05, 3.63) is 46.4 Å².